The zero-order valence-electron chi connectivity index (χ0n) is 15.8. The predicted molar refractivity (Wildman–Crippen MR) is 104 cm³/mol. The van der Waals surface area contributed by atoms with E-state index in [0.717, 1.165) is 16.3 Å². The highest BCUT2D eigenvalue weighted by atomic mass is 16.5. The van der Waals surface area contributed by atoms with Crippen molar-refractivity contribution in [1.82, 2.24) is 0 Å². The van der Waals surface area contributed by atoms with Gasteiger partial charge in [0.25, 0.3) is 0 Å². The van der Waals surface area contributed by atoms with Gasteiger partial charge in [-0.15, -0.1) is 0 Å². The van der Waals surface area contributed by atoms with Gasteiger partial charge in [0, 0.05) is 12.5 Å². The first-order valence-electron chi connectivity index (χ1n) is 8.53. The number of esters is 1. The Kier molecular flexibility index (Phi) is 5.50. The van der Waals surface area contributed by atoms with Gasteiger partial charge in [-0.25, -0.2) is 0 Å². The summed E-state index contributed by atoms with van der Waals surface area (Å²) in [7, 11) is 4.65. The predicted octanol–water partition coefficient (Wildman–Crippen LogP) is 4.52. The van der Waals surface area contributed by atoms with Crippen LogP contribution < -0.4 is 14.2 Å². The zero-order chi connectivity index (χ0) is 19.4. The Morgan fingerprint density at radius 1 is 0.815 bits per heavy atom. The third-order valence-electron chi connectivity index (χ3n) is 4.38. The summed E-state index contributed by atoms with van der Waals surface area (Å²) >= 11 is 0. The summed E-state index contributed by atoms with van der Waals surface area (Å²) in [4.78, 5) is 11.8. The fourth-order valence-corrected chi connectivity index (χ4v) is 3.18. The fourth-order valence-electron chi connectivity index (χ4n) is 3.18. The molecule has 0 aliphatic heterocycles. The van der Waals surface area contributed by atoms with Crippen LogP contribution >= 0.6 is 0 Å². The second-order valence-electron chi connectivity index (χ2n) is 6.02. The first-order chi connectivity index (χ1) is 13.1. The molecule has 0 heterocycles. The van der Waals surface area contributed by atoms with Crippen LogP contribution in [0.15, 0.2) is 54.6 Å². The van der Waals surface area contributed by atoms with Gasteiger partial charge in [-0.1, -0.05) is 36.4 Å². The minimum absolute atomic E-state index is 0.384. The van der Waals surface area contributed by atoms with Crippen LogP contribution in [0.2, 0.25) is 0 Å². The van der Waals surface area contributed by atoms with Gasteiger partial charge in [0.05, 0.1) is 21.3 Å². The minimum Gasteiger partial charge on any atom is -0.493 e. The van der Waals surface area contributed by atoms with Crippen molar-refractivity contribution in [2.75, 3.05) is 21.3 Å². The lowest BCUT2D eigenvalue weighted by molar-refractivity contribution is -0.144. The van der Waals surface area contributed by atoms with E-state index in [1.54, 1.807) is 27.4 Å². The van der Waals surface area contributed by atoms with Gasteiger partial charge in [-0.05, 0) is 34.5 Å². The minimum atomic E-state index is -0.637. The van der Waals surface area contributed by atoms with Crippen molar-refractivity contribution < 1.29 is 23.7 Å². The molecule has 27 heavy (non-hydrogen) atoms. The average Bonchev–Trinajstić information content (AvgIpc) is 2.70. The smallest absolute Gasteiger partial charge is 0.303 e. The Balaban J connectivity index is 2.18. The van der Waals surface area contributed by atoms with Gasteiger partial charge in [0.1, 0.15) is 0 Å². The fraction of sp³-hybridized carbons (Fsp3) is 0.227. The summed E-state index contributed by atoms with van der Waals surface area (Å²) in [6.45, 7) is 1.39. The van der Waals surface area contributed by atoms with Crippen LogP contribution in [0.4, 0.5) is 0 Å². The molecule has 0 saturated carbocycles. The molecule has 3 aromatic carbocycles. The summed E-state index contributed by atoms with van der Waals surface area (Å²) in [6, 6.07) is 17.6. The molecule has 1 unspecified atom stereocenters. The molecular weight excluding hydrogens is 344 g/mol. The molecule has 1 atom stereocenters. The normalized spacial score (nSPS) is 11.7. The van der Waals surface area contributed by atoms with E-state index >= 15 is 0 Å². The molecule has 3 rings (SSSR count). The molecule has 5 heteroatoms. The lowest BCUT2D eigenvalue weighted by Gasteiger charge is -2.23. The van der Waals surface area contributed by atoms with Crippen molar-refractivity contribution in [3.05, 3.63) is 65.7 Å². The molecule has 0 spiro atoms. The van der Waals surface area contributed by atoms with Crippen LogP contribution in [0.25, 0.3) is 10.8 Å². The average molecular weight is 366 g/mol. The van der Waals surface area contributed by atoms with Crippen LogP contribution in [-0.4, -0.2) is 27.3 Å². The lowest BCUT2D eigenvalue weighted by atomic mass is 9.97. The molecule has 0 aliphatic carbocycles. The molecule has 3 aromatic rings. The van der Waals surface area contributed by atoms with Crippen molar-refractivity contribution in [2.45, 2.75) is 13.0 Å². The summed E-state index contributed by atoms with van der Waals surface area (Å²) in [5.41, 5.74) is 1.52. The SMILES string of the molecule is COc1ccc(C(OC(C)=O)c2ccc3ccccc3c2)c(OC)c1OC. The number of hydrogen-bond acceptors (Lipinski definition) is 5. The summed E-state index contributed by atoms with van der Waals surface area (Å²) in [5, 5.41) is 2.17. The highest BCUT2D eigenvalue weighted by Gasteiger charge is 2.26. The third kappa shape index (κ3) is 3.67. The highest BCUT2D eigenvalue weighted by Crippen LogP contribution is 2.44. The first kappa shape index (κ1) is 18.6. The number of rotatable bonds is 6. The lowest BCUT2D eigenvalue weighted by Crippen LogP contribution is -2.12. The van der Waals surface area contributed by atoms with Crippen molar-refractivity contribution in [3.63, 3.8) is 0 Å². The van der Waals surface area contributed by atoms with Gasteiger partial charge in [-0.3, -0.25) is 4.79 Å². The number of hydrogen-bond donors (Lipinski definition) is 0. The number of ether oxygens (including phenoxy) is 4. The van der Waals surface area contributed by atoms with E-state index in [-0.39, 0.29) is 5.97 Å². The van der Waals surface area contributed by atoms with Crippen molar-refractivity contribution in [1.29, 1.82) is 0 Å². The number of carbonyl (C=O) groups is 1. The third-order valence-corrected chi connectivity index (χ3v) is 4.38. The van der Waals surface area contributed by atoms with Gasteiger partial charge in [0.15, 0.2) is 17.6 Å². The highest BCUT2D eigenvalue weighted by molar-refractivity contribution is 5.83. The Morgan fingerprint density at radius 2 is 1.52 bits per heavy atom. The Bertz CT molecular complexity index is 964. The Hall–Kier alpha value is -3.21. The summed E-state index contributed by atoms with van der Waals surface area (Å²) in [6.07, 6.45) is -0.637. The molecule has 0 aromatic heterocycles. The number of methoxy groups -OCH3 is 3. The molecule has 0 fully saturated rings. The van der Waals surface area contributed by atoms with Crippen molar-refractivity contribution in [3.8, 4) is 17.2 Å². The number of carbonyl (C=O) groups excluding carboxylic acids is 1. The van der Waals surface area contributed by atoms with Gasteiger partial charge < -0.3 is 18.9 Å². The second kappa shape index (κ2) is 7.99. The van der Waals surface area contributed by atoms with E-state index in [1.807, 2.05) is 48.5 Å². The molecule has 0 amide bonds. The first-order valence-corrected chi connectivity index (χ1v) is 8.53. The Morgan fingerprint density at radius 3 is 2.15 bits per heavy atom. The molecular formula is C22H22O5. The van der Waals surface area contributed by atoms with Crippen LogP contribution in [0.5, 0.6) is 17.2 Å². The second-order valence-corrected chi connectivity index (χ2v) is 6.02. The van der Waals surface area contributed by atoms with Crippen LogP contribution in [-0.2, 0) is 9.53 Å². The van der Waals surface area contributed by atoms with Crippen molar-refractivity contribution >= 4 is 16.7 Å². The van der Waals surface area contributed by atoms with E-state index in [4.69, 9.17) is 18.9 Å². The topological polar surface area (TPSA) is 54.0 Å². The van der Waals surface area contributed by atoms with E-state index in [2.05, 4.69) is 0 Å². The molecule has 0 aliphatic rings. The molecule has 0 bridgehead atoms. The summed E-state index contributed by atoms with van der Waals surface area (Å²) in [5.74, 6) is 1.08. The quantitative estimate of drug-likeness (QED) is 0.601. The van der Waals surface area contributed by atoms with Gasteiger partial charge in [0.2, 0.25) is 5.75 Å². The van der Waals surface area contributed by atoms with Crippen molar-refractivity contribution in [2.24, 2.45) is 0 Å². The van der Waals surface area contributed by atoms with Gasteiger partial charge >= 0.3 is 5.97 Å². The van der Waals surface area contributed by atoms with E-state index in [0.29, 0.717) is 22.8 Å². The van der Waals surface area contributed by atoms with E-state index in [1.165, 1.54) is 6.92 Å². The molecule has 0 N–H and O–H groups in total. The van der Waals surface area contributed by atoms with Crippen LogP contribution in [0.3, 0.4) is 0 Å². The van der Waals surface area contributed by atoms with Crippen LogP contribution in [0, 0.1) is 0 Å². The monoisotopic (exact) mass is 366 g/mol. The number of benzene rings is 3. The Labute approximate surface area is 158 Å². The zero-order valence-corrected chi connectivity index (χ0v) is 15.8. The molecule has 140 valence electrons. The molecule has 5 nitrogen and oxygen atoms in total. The maximum absolute atomic E-state index is 11.8. The maximum atomic E-state index is 11.8. The van der Waals surface area contributed by atoms with E-state index in [9.17, 15) is 4.79 Å². The summed E-state index contributed by atoms with van der Waals surface area (Å²) < 4.78 is 22.1. The maximum Gasteiger partial charge on any atom is 0.303 e. The molecule has 0 saturated heterocycles. The van der Waals surface area contributed by atoms with Gasteiger partial charge in [-0.2, -0.15) is 0 Å². The standard InChI is InChI=1S/C22H22O5/c1-14(23)27-20(17-10-9-15-7-5-6-8-16(15)13-17)18-11-12-19(24-2)22(26-4)21(18)25-3/h5-13,20H,1-4H3. The van der Waals surface area contributed by atoms with E-state index < -0.39 is 6.10 Å². The number of fused-ring (bicyclic) bond motifs is 1. The van der Waals surface area contributed by atoms with Crippen LogP contribution in [0.1, 0.15) is 24.2 Å². The largest absolute Gasteiger partial charge is 0.493 e. The molecule has 0 radical (unpaired) electrons.